The molecule has 7 nitrogen and oxygen atoms in total. The van der Waals surface area contributed by atoms with E-state index in [9.17, 15) is 14.0 Å². The lowest BCUT2D eigenvalue weighted by Crippen LogP contribution is -2.52. The van der Waals surface area contributed by atoms with E-state index in [1.807, 2.05) is 32.0 Å². The lowest BCUT2D eigenvalue weighted by molar-refractivity contribution is -0.120. The van der Waals surface area contributed by atoms with Crippen LogP contribution >= 0.6 is 0 Å². The maximum atomic E-state index is 13.2. The zero-order chi connectivity index (χ0) is 22.8. The first-order valence-electron chi connectivity index (χ1n) is 10.6. The minimum absolute atomic E-state index is 0.187. The summed E-state index contributed by atoms with van der Waals surface area (Å²) >= 11 is 0. The van der Waals surface area contributed by atoms with E-state index in [2.05, 4.69) is 20.1 Å². The molecule has 32 heavy (non-hydrogen) atoms. The number of piperazine rings is 1. The highest BCUT2D eigenvalue weighted by molar-refractivity contribution is 6.11. The molecular formula is C24H27FN4O3. The van der Waals surface area contributed by atoms with Crippen molar-refractivity contribution in [1.29, 1.82) is 0 Å². The third-order valence-electron chi connectivity index (χ3n) is 6.02. The van der Waals surface area contributed by atoms with Gasteiger partial charge in [0.2, 0.25) is 5.91 Å². The molecular weight excluding hydrogens is 411 g/mol. The lowest BCUT2D eigenvalue weighted by Gasteiger charge is -2.38. The fraction of sp³-hybridized carbons (Fsp3) is 0.333. The van der Waals surface area contributed by atoms with E-state index in [1.54, 1.807) is 12.1 Å². The molecule has 2 N–H and O–H groups in total. The van der Waals surface area contributed by atoms with Crippen molar-refractivity contribution in [3.63, 3.8) is 0 Å². The molecule has 2 heterocycles. The Labute approximate surface area is 186 Å². The molecule has 0 aliphatic carbocycles. The van der Waals surface area contributed by atoms with Crippen LogP contribution in [0.15, 0.2) is 42.5 Å². The number of aromatic amines is 1. The number of benzene rings is 2. The number of aryl methyl sites for hydroxylation is 1. The predicted octanol–water partition coefficient (Wildman–Crippen LogP) is 3.55. The van der Waals surface area contributed by atoms with E-state index in [0.29, 0.717) is 18.8 Å². The van der Waals surface area contributed by atoms with Gasteiger partial charge in [0, 0.05) is 42.8 Å². The predicted molar refractivity (Wildman–Crippen MR) is 123 cm³/mol. The van der Waals surface area contributed by atoms with Gasteiger partial charge >= 0.3 is 5.97 Å². The Hall–Kier alpha value is -3.39. The zero-order valence-electron chi connectivity index (χ0n) is 18.4. The number of carbonyl (C=O) groups excluding carboxylic acids is 2. The zero-order valence-corrected chi connectivity index (χ0v) is 18.4. The molecule has 8 heteroatoms. The molecule has 3 aromatic rings. The van der Waals surface area contributed by atoms with E-state index < -0.39 is 5.97 Å². The SMILES string of the molecule is COC(=O)c1[nH]c2ccc(C)cc2c1NC(=O)C(C)N1CCN(c2ccc(F)cc2)CC1. The Bertz CT molecular complexity index is 1130. The van der Waals surface area contributed by atoms with Crippen molar-refractivity contribution in [3.8, 4) is 0 Å². The minimum atomic E-state index is -0.533. The smallest absolute Gasteiger partial charge is 0.356 e. The molecule has 0 saturated carbocycles. The first-order valence-corrected chi connectivity index (χ1v) is 10.6. The first kappa shape index (κ1) is 21.8. The summed E-state index contributed by atoms with van der Waals surface area (Å²) in [5.41, 5.74) is 3.42. The van der Waals surface area contributed by atoms with Crippen LogP contribution in [0.25, 0.3) is 10.9 Å². The molecule has 1 unspecified atom stereocenters. The number of carbonyl (C=O) groups is 2. The summed E-state index contributed by atoms with van der Waals surface area (Å²) in [4.78, 5) is 32.7. The van der Waals surface area contributed by atoms with E-state index >= 15 is 0 Å². The number of esters is 1. The number of ether oxygens (including phenoxy) is 1. The Balaban J connectivity index is 1.47. The van der Waals surface area contributed by atoms with Crippen LogP contribution < -0.4 is 10.2 Å². The second-order valence-corrected chi connectivity index (χ2v) is 8.08. The Morgan fingerprint density at radius 3 is 2.44 bits per heavy atom. The molecule has 4 rings (SSSR count). The average Bonchev–Trinajstić information content (AvgIpc) is 3.16. The summed E-state index contributed by atoms with van der Waals surface area (Å²) in [5, 5.41) is 3.72. The Morgan fingerprint density at radius 2 is 1.78 bits per heavy atom. The molecule has 1 aliphatic heterocycles. The number of anilines is 2. The average molecular weight is 439 g/mol. The van der Waals surface area contributed by atoms with Crippen LogP contribution in [0.4, 0.5) is 15.8 Å². The van der Waals surface area contributed by atoms with Gasteiger partial charge in [0.15, 0.2) is 0 Å². The fourth-order valence-corrected chi connectivity index (χ4v) is 4.10. The highest BCUT2D eigenvalue weighted by atomic mass is 19.1. The van der Waals surface area contributed by atoms with Crippen LogP contribution in [-0.2, 0) is 9.53 Å². The molecule has 1 aliphatic rings. The van der Waals surface area contributed by atoms with Crippen LogP contribution in [-0.4, -0.2) is 61.1 Å². The maximum absolute atomic E-state index is 13.2. The van der Waals surface area contributed by atoms with Gasteiger partial charge in [-0.3, -0.25) is 9.69 Å². The molecule has 0 bridgehead atoms. The van der Waals surface area contributed by atoms with Gasteiger partial charge in [-0.2, -0.15) is 0 Å². The van der Waals surface area contributed by atoms with Crippen molar-refractivity contribution in [2.45, 2.75) is 19.9 Å². The van der Waals surface area contributed by atoms with E-state index in [-0.39, 0.29) is 23.5 Å². The summed E-state index contributed by atoms with van der Waals surface area (Å²) in [5.74, 6) is -0.973. The summed E-state index contributed by atoms with van der Waals surface area (Å²) in [6.07, 6.45) is 0. The standard InChI is InChI=1S/C24H27FN4O3/c1-15-4-9-20-19(14-15)21(22(26-20)24(31)32-3)27-23(30)16(2)28-10-12-29(13-11-28)18-7-5-17(25)6-8-18/h4-9,14,16,26H,10-13H2,1-3H3,(H,27,30). The van der Waals surface area contributed by atoms with E-state index in [0.717, 1.165) is 35.2 Å². The van der Waals surface area contributed by atoms with Crippen molar-refractivity contribution in [2.24, 2.45) is 0 Å². The fourth-order valence-electron chi connectivity index (χ4n) is 4.10. The number of nitrogens with one attached hydrogen (secondary N) is 2. The third-order valence-corrected chi connectivity index (χ3v) is 6.02. The molecule has 0 spiro atoms. The van der Waals surface area contributed by atoms with Crippen molar-refractivity contribution in [1.82, 2.24) is 9.88 Å². The first-order chi connectivity index (χ1) is 15.4. The Kier molecular flexibility index (Phi) is 6.14. The van der Waals surface area contributed by atoms with Crippen molar-refractivity contribution >= 4 is 34.2 Å². The van der Waals surface area contributed by atoms with Gasteiger partial charge in [-0.1, -0.05) is 11.6 Å². The van der Waals surface area contributed by atoms with E-state index in [1.165, 1.54) is 19.2 Å². The Morgan fingerprint density at radius 1 is 1.09 bits per heavy atom. The van der Waals surface area contributed by atoms with Gasteiger partial charge in [0.05, 0.1) is 18.8 Å². The number of hydrogen-bond acceptors (Lipinski definition) is 5. The van der Waals surface area contributed by atoms with Crippen molar-refractivity contribution in [3.05, 3.63) is 59.5 Å². The van der Waals surface area contributed by atoms with E-state index in [4.69, 9.17) is 4.74 Å². The molecule has 1 saturated heterocycles. The number of amides is 1. The molecule has 0 radical (unpaired) electrons. The number of fused-ring (bicyclic) bond motifs is 1. The summed E-state index contributed by atoms with van der Waals surface area (Å²) in [6.45, 7) is 6.69. The normalized spacial score (nSPS) is 15.6. The highest BCUT2D eigenvalue weighted by Crippen LogP contribution is 2.30. The number of aromatic nitrogens is 1. The number of rotatable bonds is 5. The van der Waals surface area contributed by atoms with Crippen LogP contribution in [0.2, 0.25) is 0 Å². The molecule has 1 atom stereocenters. The topological polar surface area (TPSA) is 77.7 Å². The molecule has 168 valence electrons. The maximum Gasteiger partial charge on any atom is 0.356 e. The largest absolute Gasteiger partial charge is 0.464 e. The number of halogens is 1. The number of nitrogens with zero attached hydrogens (tertiary/aromatic N) is 2. The van der Waals surface area contributed by atoms with Gasteiger partial charge < -0.3 is 19.9 Å². The van der Waals surface area contributed by atoms with Crippen molar-refractivity contribution < 1.29 is 18.7 Å². The van der Waals surface area contributed by atoms with Gasteiger partial charge in [0.1, 0.15) is 11.5 Å². The minimum Gasteiger partial charge on any atom is -0.464 e. The van der Waals surface area contributed by atoms with Crippen LogP contribution in [0.1, 0.15) is 23.0 Å². The molecule has 1 fully saturated rings. The molecule has 1 aromatic heterocycles. The lowest BCUT2D eigenvalue weighted by atomic mass is 10.1. The highest BCUT2D eigenvalue weighted by Gasteiger charge is 2.28. The number of hydrogen-bond donors (Lipinski definition) is 2. The van der Waals surface area contributed by atoms with Gasteiger partial charge in [-0.25, -0.2) is 9.18 Å². The second-order valence-electron chi connectivity index (χ2n) is 8.08. The second kappa shape index (κ2) is 9.00. The monoisotopic (exact) mass is 438 g/mol. The van der Waals surface area contributed by atoms with Crippen LogP contribution in [0, 0.1) is 12.7 Å². The summed E-state index contributed by atoms with van der Waals surface area (Å²) < 4.78 is 18.1. The van der Waals surface area contributed by atoms with Crippen LogP contribution in [0.5, 0.6) is 0 Å². The number of H-pyrrole nitrogens is 1. The third kappa shape index (κ3) is 4.31. The van der Waals surface area contributed by atoms with Crippen LogP contribution in [0.3, 0.4) is 0 Å². The van der Waals surface area contributed by atoms with Gasteiger partial charge in [-0.05, 0) is 50.2 Å². The van der Waals surface area contributed by atoms with Gasteiger partial charge in [0.25, 0.3) is 0 Å². The van der Waals surface area contributed by atoms with Crippen molar-refractivity contribution in [2.75, 3.05) is 43.5 Å². The molecule has 2 aromatic carbocycles. The van der Waals surface area contributed by atoms with Gasteiger partial charge in [-0.15, -0.1) is 0 Å². The molecule has 1 amide bonds. The summed E-state index contributed by atoms with van der Waals surface area (Å²) in [6, 6.07) is 11.8. The summed E-state index contributed by atoms with van der Waals surface area (Å²) in [7, 11) is 1.31. The quantitative estimate of drug-likeness (QED) is 0.596. The number of methoxy groups -OCH3 is 1.